The number of aromatic amines is 1. The highest BCUT2D eigenvalue weighted by molar-refractivity contribution is 5.92. The van der Waals surface area contributed by atoms with Crippen LogP contribution in [0.2, 0.25) is 0 Å². The van der Waals surface area contributed by atoms with Gasteiger partial charge in [-0.25, -0.2) is 9.78 Å². The lowest BCUT2D eigenvalue weighted by Gasteiger charge is -2.38. The maximum atomic E-state index is 12.2. The highest BCUT2D eigenvalue weighted by atomic mass is 16.4. The summed E-state index contributed by atoms with van der Waals surface area (Å²) in [5.74, 6) is -0.493. The molecule has 1 aliphatic rings. The number of H-pyrrole nitrogens is 1. The van der Waals surface area contributed by atoms with Gasteiger partial charge in [0.05, 0.1) is 17.8 Å². The van der Waals surface area contributed by atoms with Crippen LogP contribution in [0, 0.1) is 13.8 Å². The van der Waals surface area contributed by atoms with E-state index >= 15 is 0 Å². The van der Waals surface area contributed by atoms with E-state index in [1.54, 1.807) is 13.8 Å². The number of nitrogens with zero attached hydrogens (tertiary/aromatic N) is 2. The number of aliphatic hydroxyl groups excluding tert-OH is 2. The summed E-state index contributed by atoms with van der Waals surface area (Å²) < 4.78 is 6.23. The molecule has 26 heavy (non-hydrogen) atoms. The molecule has 1 saturated carbocycles. The summed E-state index contributed by atoms with van der Waals surface area (Å²) in [4.78, 5) is 41.7. The predicted molar refractivity (Wildman–Crippen MR) is 88.8 cm³/mol. The Morgan fingerprint density at radius 1 is 1.31 bits per heavy atom. The van der Waals surface area contributed by atoms with Crippen LogP contribution in [-0.4, -0.2) is 48.9 Å². The highest BCUT2D eigenvalue weighted by Crippen LogP contribution is 2.28. The topological polar surface area (TPSA) is 150 Å². The van der Waals surface area contributed by atoms with E-state index in [4.69, 9.17) is 4.42 Å². The molecule has 1 amide bonds. The highest BCUT2D eigenvalue weighted by Gasteiger charge is 2.40. The van der Waals surface area contributed by atoms with Gasteiger partial charge in [-0.15, -0.1) is 0 Å². The third kappa shape index (κ3) is 3.20. The lowest BCUT2D eigenvalue weighted by molar-refractivity contribution is -0.0572. The fraction of sp³-hybridized carbons (Fsp3) is 0.500. The van der Waals surface area contributed by atoms with Gasteiger partial charge in [-0.3, -0.25) is 19.1 Å². The Hall–Kier alpha value is -2.72. The predicted octanol–water partition coefficient (Wildman–Crippen LogP) is -1.00. The zero-order chi connectivity index (χ0) is 19.0. The first-order valence-electron chi connectivity index (χ1n) is 8.18. The van der Waals surface area contributed by atoms with Crippen LogP contribution in [0.15, 0.2) is 26.6 Å². The smallest absolute Gasteiger partial charge is 0.328 e. The molecule has 2 aromatic heterocycles. The largest absolute Gasteiger partial charge is 0.438 e. The summed E-state index contributed by atoms with van der Waals surface area (Å²) in [7, 11) is 0. The molecule has 140 valence electrons. The van der Waals surface area contributed by atoms with Crippen molar-refractivity contribution in [2.75, 3.05) is 0 Å². The van der Waals surface area contributed by atoms with Crippen LogP contribution in [0.1, 0.15) is 40.7 Å². The molecule has 4 N–H and O–H groups in total. The Kier molecular flexibility index (Phi) is 4.79. The molecule has 0 radical (unpaired) electrons. The zero-order valence-electron chi connectivity index (χ0n) is 14.3. The third-order valence-electron chi connectivity index (χ3n) is 4.70. The van der Waals surface area contributed by atoms with Gasteiger partial charge in [0, 0.05) is 11.8 Å². The van der Waals surface area contributed by atoms with Crippen molar-refractivity contribution in [2.45, 2.75) is 51.0 Å². The van der Waals surface area contributed by atoms with E-state index in [1.165, 1.54) is 10.8 Å². The number of amides is 1. The molecular formula is C16H20N4O6. The van der Waals surface area contributed by atoms with Gasteiger partial charge in [0.15, 0.2) is 6.39 Å². The molecule has 2 heterocycles. The van der Waals surface area contributed by atoms with Gasteiger partial charge < -0.3 is 19.9 Å². The molecule has 3 rings (SSSR count). The molecule has 0 spiro atoms. The summed E-state index contributed by atoms with van der Waals surface area (Å²) in [6.07, 6.45) is 0.569. The summed E-state index contributed by atoms with van der Waals surface area (Å²) in [6.45, 7) is 3.16. The van der Waals surface area contributed by atoms with E-state index in [0.29, 0.717) is 24.1 Å². The molecule has 0 aliphatic heterocycles. The van der Waals surface area contributed by atoms with Crippen molar-refractivity contribution in [3.05, 3.63) is 50.4 Å². The summed E-state index contributed by atoms with van der Waals surface area (Å²) in [5.41, 5.74) is -0.412. The van der Waals surface area contributed by atoms with Gasteiger partial charge in [-0.1, -0.05) is 0 Å². The molecule has 0 aromatic carbocycles. The molecule has 1 fully saturated rings. The van der Waals surface area contributed by atoms with Crippen LogP contribution in [-0.2, 0) is 0 Å². The van der Waals surface area contributed by atoms with Crippen molar-refractivity contribution >= 4 is 5.91 Å². The van der Waals surface area contributed by atoms with E-state index in [1.807, 2.05) is 0 Å². The molecule has 0 unspecified atom stereocenters. The Labute approximate surface area is 147 Å². The average molecular weight is 364 g/mol. The second-order valence-corrected chi connectivity index (χ2v) is 6.45. The van der Waals surface area contributed by atoms with Gasteiger partial charge in [-0.05, 0) is 26.7 Å². The quantitative estimate of drug-likeness (QED) is 0.545. The van der Waals surface area contributed by atoms with Crippen LogP contribution in [0.25, 0.3) is 0 Å². The van der Waals surface area contributed by atoms with Gasteiger partial charge in [0.25, 0.3) is 11.5 Å². The van der Waals surface area contributed by atoms with Crippen molar-refractivity contribution in [3.63, 3.8) is 0 Å². The lowest BCUT2D eigenvalue weighted by atomic mass is 9.85. The van der Waals surface area contributed by atoms with E-state index in [9.17, 15) is 24.6 Å². The van der Waals surface area contributed by atoms with Crippen LogP contribution < -0.4 is 16.6 Å². The minimum atomic E-state index is -1.30. The number of hydrogen-bond donors (Lipinski definition) is 4. The van der Waals surface area contributed by atoms with Gasteiger partial charge in [0.2, 0.25) is 5.76 Å². The van der Waals surface area contributed by atoms with E-state index in [2.05, 4.69) is 15.3 Å². The molecule has 10 nitrogen and oxygen atoms in total. The maximum Gasteiger partial charge on any atom is 0.328 e. The average Bonchev–Trinajstić information content (AvgIpc) is 3.02. The summed E-state index contributed by atoms with van der Waals surface area (Å²) in [5, 5.41) is 23.5. The second-order valence-electron chi connectivity index (χ2n) is 6.45. The maximum absolute atomic E-state index is 12.2. The van der Waals surface area contributed by atoms with Crippen molar-refractivity contribution in [1.29, 1.82) is 0 Å². The number of carbonyl (C=O) groups is 1. The number of aliphatic hydroxyl groups is 2. The van der Waals surface area contributed by atoms with E-state index in [0.717, 1.165) is 6.39 Å². The first-order valence-corrected chi connectivity index (χ1v) is 8.18. The normalized spacial score (nSPS) is 25.8. The Morgan fingerprint density at radius 3 is 2.69 bits per heavy atom. The number of aromatic nitrogens is 3. The van der Waals surface area contributed by atoms with Gasteiger partial charge >= 0.3 is 5.69 Å². The Morgan fingerprint density at radius 2 is 2.04 bits per heavy atom. The number of carbonyl (C=O) groups excluding carboxylic acids is 1. The number of aryl methyl sites for hydroxylation is 2. The first kappa shape index (κ1) is 18.1. The minimum Gasteiger partial charge on any atom is -0.438 e. The summed E-state index contributed by atoms with van der Waals surface area (Å²) >= 11 is 0. The number of rotatable bonds is 3. The Balaban J connectivity index is 1.77. The second kappa shape index (κ2) is 6.89. The molecule has 2 aromatic rings. The van der Waals surface area contributed by atoms with Crippen LogP contribution in [0.5, 0.6) is 0 Å². The molecule has 0 bridgehead atoms. The fourth-order valence-electron chi connectivity index (χ4n) is 3.20. The van der Waals surface area contributed by atoms with Crippen LogP contribution in [0.4, 0.5) is 0 Å². The number of hydrogen-bond acceptors (Lipinski definition) is 7. The fourth-order valence-corrected chi connectivity index (χ4v) is 3.20. The SMILES string of the molecule is Cc1ncoc1C(=O)N[C@@H]1CC[C@@H](n2cc(C)c(=O)[nH]c2=O)[C@@H](O)[C@@H]1O. The third-order valence-corrected chi connectivity index (χ3v) is 4.70. The van der Waals surface area contributed by atoms with Crippen molar-refractivity contribution in [3.8, 4) is 0 Å². The zero-order valence-corrected chi connectivity index (χ0v) is 14.3. The molecular weight excluding hydrogens is 344 g/mol. The first-order chi connectivity index (χ1) is 12.3. The molecule has 0 saturated heterocycles. The summed E-state index contributed by atoms with van der Waals surface area (Å²) in [6, 6.07) is -1.42. The van der Waals surface area contributed by atoms with Crippen molar-refractivity contribution in [1.82, 2.24) is 19.9 Å². The van der Waals surface area contributed by atoms with Gasteiger partial charge in [0.1, 0.15) is 12.2 Å². The molecule has 4 atom stereocenters. The molecule has 10 heteroatoms. The van der Waals surface area contributed by atoms with Crippen molar-refractivity contribution in [2.24, 2.45) is 0 Å². The van der Waals surface area contributed by atoms with Gasteiger partial charge in [-0.2, -0.15) is 0 Å². The van der Waals surface area contributed by atoms with Crippen molar-refractivity contribution < 1.29 is 19.4 Å². The number of oxazole rings is 1. The Bertz CT molecular complexity index is 929. The van der Waals surface area contributed by atoms with E-state index in [-0.39, 0.29) is 5.76 Å². The monoisotopic (exact) mass is 364 g/mol. The standard InChI is InChI=1S/C16H20N4O6/c1-7-5-20(16(25)19-14(7)23)10-4-3-9(11(21)12(10)22)18-15(24)13-8(2)17-6-26-13/h5-6,9-12,21-22H,3-4H2,1-2H3,(H,18,24)(H,19,23,25)/t9-,10-,11-,12-/m1/s1. The van der Waals surface area contributed by atoms with Crippen LogP contribution in [0.3, 0.4) is 0 Å². The number of nitrogens with one attached hydrogen (secondary N) is 2. The van der Waals surface area contributed by atoms with Crippen LogP contribution >= 0.6 is 0 Å². The lowest BCUT2D eigenvalue weighted by Crippen LogP contribution is -2.55. The van der Waals surface area contributed by atoms with E-state index < -0.39 is 41.4 Å². The molecule has 1 aliphatic carbocycles. The minimum absolute atomic E-state index is 0.0429.